The third kappa shape index (κ3) is 4.29. The molecule has 1 heterocycles. The van der Waals surface area contributed by atoms with Gasteiger partial charge in [-0.1, -0.05) is 53.1 Å². The lowest BCUT2D eigenvalue weighted by Gasteiger charge is -2.36. The lowest BCUT2D eigenvalue weighted by molar-refractivity contribution is 0.364. The minimum Gasteiger partial charge on any atom is -0.542 e. The summed E-state index contributed by atoms with van der Waals surface area (Å²) in [5, 5.41) is 0.708. The predicted molar refractivity (Wildman–Crippen MR) is 115 cm³/mol. The fourth-order valence-corrected chi connectivity index (χ4v) is 3.95. The second-order valence-corrected chi connectivity index (χ2v) is 19.8. The largest absolute Gasteiger partial charge is 0.542 e. The zero-order valence-corrected chi connectivity index (χ0v) is 20.5. The van der Waals surface area contributed by atoms with E-state index in [9.17, 15) is 0 Å². The molecule has 1 aromatic carbocycles. The second kappa shape index (κ2) is 6.57. The summed E-state index contributed by atoms with van der Waals surface area (Å²) in [6.07, 6.45) is 0.312. The zero-order chi connectivity index (χ0) is 20.1. The molecule has 4 nitrogen and oxygen atoms in total. The third-order valence-electron chi connectivity index (χ3n) is 5.74. The van der Waals surface area contributed by atoms with E-state index in [1.165, 1.54) is 0 Å². The third-order valence-corrected chi connectivity index (χ3v) is 14.7. The summed E-state index contributed by atoms with van der Waals surface area (Å²) in [4.78, 5) is 4.48. The van der Waals surface area contributed by atoms with Crippen LogP contribution in [0.4, 0.5) is 0 Å². The van der Waals surface area contributed by atoms with E-state index in [1.807, 2.05) is 6.07 Å². The van der Waals surface area contributed by atoms with Crippen molar-refractivity contribution in [3.8, 4) is 11.8 Å². The van der Waals surface area contributed by atoms with Crippen LogP contribution in [-0.4, -0.2) is 21.6 Å². The van der Waals surface area contributed by atoms with Crippen LogP contribution in [0.15, 0.2) is 16.5 Å². The van der Waals surface area contributed by atoms with Gasteiger partial charge in [-0.2, -0.15) is 4.98 Å². The van der Waals surface area contributed by atoms with E-state index >= 15 is 0 Å². The van der Waals surface area contributed by atoms with Crippen molar-refractivity contribution in [3.05, 3.63) is 17.2 Å². The normalized spacial score (nSPS) is 14.0. The molecule has 0 atom stereocenters. The van der Waals surface area contributed by atoms with Crippen molar-refractivity contribution >= 4 is 39.3 Å². The molecule has 0 fully saturated rings. The van der Waals surface area contributed by atoms with E-state index in [0.717, 1.165) is 0 Å². The Labute approximate surface area is 164 Å². The summed E-state index contributed by atoms with van der Waals surface area (Å²) in [6, 6.07) is 3.63. The summed E-state index contributed by atoms with van der Waals surface area (Å²) >= 11 is 6.46. The SMILES string of the molecule is CC(C)(C)[Si](C)(C)Oc1nc2cc(Cl)c(O[Si](C)(C)C(C)(C)C)cc2o1. The fraction of sp³-hybridized carbons (Fsp3) is 0.632. The van der Waals surface area contributed by atoms with E-state index in [2.05, 4.69) is 72.7 Å². The quantitative estimate of drug-likeness (QED) is 0.495. The molecule has 0 saturated carbocycles. The number of hydrogen-bond acceptors (Lipinski definition) is 4. The first kappa shape index (κ1) is 21.3. The second-order valence-electron chi connectivity index (χ2n) is 9.95. The Hall–Kier alpha value is -0.986. The van der Waals surface area contributed by atoms with Crippen LogP contribution < -0.4 is 8.85 Å². The van der Waals surface area contributed by atoms with Gasteiger partial charge in [0.15, 0.2) is 5.58 Å². The molecule has 0 aliphatic carbocycles. The van der Waals surface area contributed by atoms with Crippen LogP contribution in [0, 0.1) is 0 Å². The van der Waals surface area contributed by atoms with Crippen molar-refractivity contribution in [1.82, 2.24) is 4.98 Å². The summed E-state index contributed by atoms with van der Waals surface area (Å²) in [5.41, 5.74) is 1.32. The molecule has 1 aromatic heterocycles. The van der Waals surface area contributed by atoms with Crippen LogP contribution in [0.5, 0.6) is 11.8 Å². The number of rotatable bonds is 4. The fourth-order valence-electron chi connectivity index (χ4n) is 1.83. The van der Waals surface area contributed by atoms with Crippen molar-refractivity contribution in [2.45, 2.75) is 77.8 Å². The Morgan fingerprint density at radius 2 is 1.38 bits per heavy atom. The van der Waals surface area contributed by atoms with Gasteiger partial charge in [0.1, 0.15) is 11.3 Å². The molecular weight excluding hydrogens is 382 g/mol. The van der Waals surface area contributed by atoms with Crippen LogP contribution in [0.1, 0.15) is 41.5 Å². The van der Waals surface area contributed by atoms with E-state index < -0.39 is 16.6 Å². The molecule has 2 aromatic rings. The minimum atomic E-state index is -2.01. The van der Waals surface area contributed by atoms with E-state index in [0.29, 0.717) is 27.9 Å². The van der Waals surface area contributed by atoms with Crippen LogP contribution in [0.3, 0.4) is 0 Å². The van der Waals surface area contributed by atoms with Gasteiger partial charge in [-0.15, -0.1) is 0 Å². The van der Waals surface area contributed by atoms with Gasteiger partial charge in [0.05, 0.1) is 5.02 Å². The number of halogens is 1. The zero-order valence-electron chi connectivity index (χ0n) is 17.7. The molecule has 0 aliphatic heterocycles. The minimum absolute atomic E-state index is 0.0713. The van der Waals surface area contributed by atoms with Gasteiger partial charge < -0.3 is 13.3 Å². The molecule has 0 unspecified atom stereocenters. The summed E-state index contributed by atoms with van der Waals surface area (Å²) in [5.74, 6) is 0.654. The van der Waals surface area contributed by atoms with Gasteiger partial charge in [-0.25, -0.2) is 0 Å². The number of fused-ring (bicyclic) bond motifs is 1. The molecule has 0 spiro atoms. The smallest absolute Gasteiger partial charge is 0.380 e. The number of hydrogen-bond donors (Lipinski definition) is 0. The van der Waals surface area contributed by atoms with E-state index in [1.54, 1.807) is 6.07 Å². The van der Waals surface area contributed by atoms with Crippen molar-refractivity contribution in [3.63, 3.8) is 0 Å². The van der Waals surface area contributed by atoms with E-state index in [4.69, 9.17) is 24.9 Å². The highest BCUT2D eigenvalue weighted by atomic mass is 35.5. The molecule has 7 heteroatoms. The number of aromatic nitrogens is 1. The lowest BCUT2D eigenvalue weighted by Crippen LogP contribution is -2.43. The Kier molecular flexibility index (Phi) is 5.38. The molecule has 0 aliphatic rings. The van der Waals surface area contributed by atoms with Crippen LogP contribution in [0.2, 0.25) is 41.3 Å². The summed E-state index contributed by atoms with van der Waals surface area (Å²) in [7, 11) is -4.00. The van der Waals surface area contributed by atoms with Gasteiger partial charge in [0.25, 0.3) is 16.6 Å². The maximum atomic E-state index is 6.46. The van der Waals surface area contributed by atoms with Crippen LogP contribution in [-0.2, 0) is 0 Å². The molecule has 0 N–H and O–H groups in total. The Morgan fingerprint density at radius 1 is 0.885 bits per heavy atom. The number of nitrogens with zero attached hydrogens (tertiary/aromatic N) is 1. The maximum absolute atomic E-state index is 6.46. The number of benzene rings is 1. The maximum Gasteiger partial charge on any atom is 0.380 e. The Morgan fingerprint density at radius 3 is 1.88 bits per heavy atom. The lowest BCUT2D eigenvalue weighted by atomic mass is 10.2. The average Bonchev–Trinajstić information content (AvgIpc) is 2.76. The van der Waals surface area contributed by atoms with Gasteiger partial charge in [-0.05, 0) is 42.3 Å². The molecule has 0 amide bonds. The van der Waals surface area contributed by atoms with Gasteiger partial charge in [0, 0.05) is 6.07 Å². The molecule has 0 saturated heterocycles. The monoisotopic (exact) mass is 413 g/mol. The van der Waals surface area contributed by atoms with Gasteiger partial charge in [0.2, 0.25) is 0 Å². The first-order valence-electron chi connectivity index (χ1n) is 9.02. The van der Waals surface area contributed by atoms with Crippen LogP contribution in [0.25, 0.3) is 11.1 Å². The van der Waals surface area contributed by atoms with Crippen molar-refractivity contribution in [2.24, 2.45) is 0 Å². The summed E-state index contributed by atoms with van der Waals surface area (Å²) < 4.78 is 18.4. The highest BCUT2D eigenvalue weighted by Crippen LogP contribution is 2.42. The first-order valence-corrected chi connectivity index (χ1v) is 15.2. The first-order chi connectivity index (χ1) is 11.5. The van der Waals surface area contributed by atoms with Crippen LogP contribution >= 0.6 is 11.6 Å². The highest BCUT2D eigenvalue weighted by Gasteiger charge is 2.41. The summed E-state index contributed by atoms with van der Waals surface area (Å²) in [6.45, 7) is 21.9. The highest BCUT2D eigenvalue weighted by molar-refractivity contribution is 6.75. The van der Waals surface area contributed by atoms with Crippen molar-refractivity contribution in [2.75, 3.05) is 0 Å². The predicted octanol–water partition coefficient (Wildman–Crippen LogP) is 7.25. The van der Waals surface area contributed by atoms with E-state index in [-0.39, 0.29) is 10.1 Å². The Bertz CT molecular complexity index is 801. The standard InChI is InChI=1S/C19H32ClNO3Si2/c1-18(2,3)25(7,8)23-15-12-16-14(11-13(15)20)21-17(22-16)24-26(9,10)19(4,5)6/h11-12H,1-10H3. The van der Waals surface area contributed by atoms with Gasteiger partial charge >= 0.3 is 6.08 Å². The molecule has 0 radical (unpaired) electrons. The molecule has 26 heavy (non-hydrogen) atoms. The molecule has 2 rings (SSSR count). The number of oxazole rings is 1. The van der Waals surface area contributed by atoms with Crippen molar-refractivity contribution < 1.29 is 13.3 Å². The Balaban J connectivity index is 2.37. The van der Waals surface area contributed by atoms with Crippen molar-refractivity contribution in [1.29, 1.82) is 0 Å². The molecule has 146 valence electrons. The topological polar surface area (TPSA) is 44.5 Å². The average molecular weight is 414 g/mol. The molecular formula is C19H32ClNO3Si2. The molecule has 0 bridgehead atoms. The van der Waals surface area contributed by atoms with Gasteiger partial charge in [-0.3, -0.25) is 0 Å².